The van der Waals surface area contributed by atoms with Gasteiger partial charge in [-0.15, -0.1) is 0 Å². The maximum Gasteiger partial charge on any atom is 0.254 e. The largest absolute Gasteiger partial charge is 0.472 e. The van der Waals surface area contributed by atoms with Crippen LogP contribution in [0.3, 0.4) is 0 Å². The summed E-state index contributed by atoms with van der Waals surface area (Å²) in [6, 6.07) is 1.67. The average molecular weight is 274 g/mol. The predicted molar refractivity (Wildman–Crippen MR) is 63.3 cm³/mol. The van der Waals surface area contributed by atoms with Crippen molar-refractivity contribution in [2.24, 2.45) is 0 Å². The van der Waals surface area contributed by atoms with Crippen LogP contribution in [0.5, 0.6) is 0 Å². The normalized spacial score (nSPS) is 11.4. The fraction of sp³-hybridized carbons (Fsp3) is 0.545. The molecule has 1 N–H and O–H groups in total. The van der Waals surface area contributed by atoms with E-state index in [-0.39, 0.29) is 11.4 Å². The SMILES string of the molecule is CCC(CC)(CBr)NC(=O)c1ccoc1. The molecule has 0 aliphatic heterocycles. The van der Waals surface area contributed by atoms with Crippen molar-refractivity contribution in [1.82, 2.24) is 5.32 Å². The minimum Gasteiger partial charge on any atom is -0.472 e. The van der Waals surface area contributed by atoms with Gasteiger partial charge >= 0.3 is 0 Å². The third kappa shape index (κ3) is 2.84. The molecular weight excluding hydrogens is 258 g/mol. The number of hydrogen-bond donors (Lipinski definition) is 1. The molecule has 4 heteroatoms. The van der Waals surface area contributed by atoms with Crippen molar-refractivity contribution >= 4 is 21.8 Å². The molecule has 0 fully saturated rings. The van der Waals surface area contributed by atoms with Gasteiger partial charge in [0.1, 0.15) is 6.26 Å². The molecule has 0 unspecified atom stereocenters. The third-order valence-corrected chi connectivity index (χ3v) is 3.84. The van der Waals surface area contributed by atoms with Gasteiger partial charge in [-0.05, 0) is 18.9 Å². The quantitative estimate of drug-likeness (QED) is 0.839. The zero-order valence-corrected chi connectivity index (χ0v) is 10.6. The Bertz CT molecular complexity index is 296. The van der Waals surface area contributed by atoms with Gasteiger partial charge in [-0.3, -0.25) is 4.79 Å². The Morgan fingerprint density at radius 1 is 1.53 bits per heavy atom. The summed E-state index contributed by atoms with van der Waals surface area (Å²) < 4.78 is 4.88. The Hall–Kier alpha value is -0.770. The number of furan rings is 1. The second-order valence-electron chi connectivity index (χ2n) is 3.59. The Kier molecular flexibility index (Phi) is 4.39. The van der Waals surface area contributed by atoms with Crippen LogP contribution in [-0.4, -0.2) is 16.8 Å². The summed E-state index contributed by atoms with van der Waals surface area (Å²) in [6.45, 7) is 4.14. The zero-order valence-electron chi connectivity index (χ0n) is 9.05. The molecule has 0 saturated carbocycles. The van der Waals surface area contributed by atoms with Gasteiger partial charge in [0.2, 0.25) is 0 Å². The van der Waals surface area contributed by atoms with Crippen LogP contribution in [0, 0.1) is 0 Å². The molecule has 15 heavy (non-hydrogen) atoms. The van der Waals surface area contributed by atoms with Crippen molar-refractivity contribution < 1.29 is 9.21 Å². The van der Waals surface area contributed by atoms with Crippen LogP contribution in [0.1, 0.15) is 37.0 Å². The predicted octanol–water partition coefficient (Wildman–Crippen LogP) is 2.96. The van der Waals surface area contributed by atoms with Crippen LogP contribution in [0.2, 0.25) is 0 Å². The number of halogens is 1. The van der Waals surface area contributed by atoms with Crippen molar-refractivity contribution in [3.63, 3.8) is 0 Å². The summed E-state index contributed by atoms with van der Waals surface area (Å²) in [6.07, 6.45) is 4.76. The van der Waals surface area contributed by atoms with Gasteiger partial charge in [-0.1, -0.05) is 29.8 Å². The number of rotatable bonds is 5. The number of alkyl halides is 1. The van der Waals surface area contributed by atoms with Crippen molar-refractivity contribution in [3.8, 4) is 0 Å². The molecule has 0 radical (unpaired) electrons. The van der Waals surface area contributed by atoms with E-state index in [1.165, 1.54) is 12.5 Å². The Labute approximate surface area is 98.4 Å². The summed E-state index contributed by atoms with van der Waals surface area (Å²) in [5.41, 5.74) is 0.413. The maximum absolute atomic E-state index is 11.8. The number of hydrogen-bond acceptors (Lipinski definition) is 2. The molecule has 0 aliphatic rings. The summed E-state index contributed by atoms with van der Waals surface area (Å²) >= 11 is 3.45. The molecular formula is C11H16BrNO2. The van der Waals surface area contributed by atoms with Crippen LogP contribution in [0.4, 0.5) is 0 Å². The Morgan fingerprint density at radius 2 is 2.20 bits per heavy atom. The average Bonchev–Trinajstić information content (AvgIpc) is 2.79. The van der Waals surface area contributed by atoms with Crippen LogP contribution < -0.4 is 5.32 Å². The number of carbonyl (C=O) groups is 1. The molecule has 0 bridgehead atoms. The second-order valence-corrected chi connectivity index (χ2v) is 4.15. The fourth-order valence-corrected chi connectivity index (χ4v) is 2.29. The Morgan fingerprint density at radius 3 is 2.60 bits per heavy atom. The zero-order chi connectivity index (χ0) is 11.3. The molecule has 0 saturated heterocycles. The summed E-state index contributed by atoms with van der Waals surface area (Å²) in [5.74, 6) is -0.0769. The maximum atomic E-state index is 11.8. The molecule has 1 aromatic heterocycles. The lowest BCUT2D eigenvalue weighted by Crippen LogP contribution is -2.49. The summed E-state index contributed by atoms with van der Waals surface area (Å²) in [5, 5.41) is 3.80. The first-order valence-electron chi connectivity index (χ1n) is 5.08. The minimum absolute atomic E-state index is 0.0769. The van der Waals surface area contributed by atoms with Crippen molar-refractivity contribution in [2.75, 3.05) is 5.33 Å². The monoisotopic (exact) mass is 273 g/mol. The van der Waals surface area contributed by atoms with E-state index < -0.39 is 0 Å². The first kappa shape index (κ1) is 12.3. The van der Waals surface area contributed by atoms with Gasteiger partial charge in [0, 0.05) is 10.9 Å². The molecule has 84 valence electrons. The molecule has 0 aliphatic carbocycles. The first-order valence-corrected chi connectivity index (χ1v) is 6.20. The van der Waals surface area contributed by atoms with Crippen LogP contribution in [0.25, 0.3) is 0 Å². The van der Waals surface area contributed by atoms with E-state index in [4.69, 9.17) is 4.42 Å². The highest BCUT2D eigenvalue weighted by atomic mass is 79.9. The second kappa shape index (κ2) is 5.35. The molecule has 0 aromatic carbocycles. The lowest BCUT2D eigenvalue weighted by molar-refractivity contribution is 0.0903. The smallest absolute Gasteiger partial charge is 0.254 e. The molecule has 3 nitrogen and oxygen atoms in total. The minimum atomic E-state index is -0.158. The van der Waals surface area contributed by atoms with Gasteiger partial charge in [0.05, 0.1) is 11.8 Å². The van der Waals surface area contributed by atoms with Crippen molar-refractivity contribution in [3.05, 3.63) is 24.2 Å². The highest BCUT2D eigenvalue weighted by Gasteiger charge is 2.27. The van der Waals surface area contributed by atoms with Crippen LogP contribution in [-0.2, 0) is 0 Å². The van der Waals surface area contributed by atoms with E-state index in [1.54, 1.807) is 6.07 Å². The highest BCUT2D eigenvalue weighted by Crippen LogP contribution is 2.18. The molecule has 1 amide bonds. The van der Waals surface area contributed by atoms with E-state index in [9.17, 15) is 4.79 Å². The van der Waals surface area contributed by atoms with E-state index >= 15 is 0 Å². The third-order valence-electron chi connectivity index (χ3n) is 2.77. The summed E-state index contributed by atoms with van der Waals surface area (Å²) in [7, 11) is 0. The van der Waals surface area contributed by atoms with E-state index in [1.807, 2.05) is 0 Å². The lowest BCUT2D eigenvalue weighted by Gasteiger charge is -2.30. The van der Waals surface area contributed by atoms with E-state index in [0.717, 1.165) is 18.2 Å². The molecule has 1 rings (SSSR count). The van der Waals surface area contributed by atoms with Gasteiger partial charge in [0.25, 0.3) is 5.91 Å². The topological polar surface area (TPSA) is 42.2 Å². The number of carbonyl (C=O) groups excluding carboxylic acids is 1. The van der Waals surface area contributed by atoms with Crippen LogP contribution >= 0.6 is 15.9 Å². The summed E-state index contributed by atoms with van der Waals surface area (Å²) in [4.78, 5) is 11.8. The van der Waals surface area contributed by atoms with Gasteiger partial charge < -0.3 is 9.73 Å². The molecule has 0 spiro atoms. The van der Waals surface area contributed by atoms with E-state index in [2.05, 4.69) is 35.1 Å². The standard InChI is InChI=1S/C11H16BrNO2/c1-3-11(4-2,8-12)13-10(14)9-5-6-15-7-9/h5-7H,3-4,8H2,1-2H3,(H,13,14). The van der Waals surface area contributed by atoms with Gasteiger partial charge in [0.15, 0.2) is 0 Å². The molecule has 1 heterocycles. The molecule has 0 atom stereocenters. The van der Waals surface area contributed by atoms with Crippen molar-refractivity contribution in [2.45, 2.75) is 32.2 Å². The Balaban J connectivity index is 2.71. The number of amides is 1. The molecule has 1 aromatic rings. The van der Waals surface area contributed by atoms with Crippen LogP contribution in [0.15, 0.2) is 23.0 Å². The van der Waals surface area contributed by atoms with Crippen molar-refractivity contribution in [1.29, 1.82) is 0 Å². The lowest BCUT2D eigenvalue weighted by atomic mass is 9.95. The fourth-order valence-electron chi connectivity index (χ4n) is 1.36. The van der Waals surface area contributed by atoms with E-state index in [0.29, 0.717) is 5.56 Å². The van der Waals surface area contributed by atoms with Gasteiger partial charge in [-0.25, -0.2) is 0 Å². The number of nitrogens with one attached hydrogen (secondary N) is 1. The van der Waals surface area contributed by atoms with Gasteiger partial charge in [-0.2, -0.15) is 0 Å². The first-order chi connectivity index (χ1) is 7.17. The highest BCUT2D eigenvalue weighted by molar-refractivity contribution is 9.09.